The third kappa shape index (κ3) is 16.0. The van der Waals surface area contributed by atoms with Crippen molar-refractivity contribution in [3.05, 3.63) is 11.8 Å². The van der Waals surface area contributed by atoms with Crippen molar-refractivity contribution >= 4 is 32.7 Å². The fourth-order valence-electron chi connectivity index (χ4n) is 9.93. The summed E-state index contributed by atoms with van der Waals surface area (Å²) in [6.07, 6.45) is -43.9. The van der Waals surface area contributed by atoms with E-state index < -0.39 is 262 Å². The Morgan fingerprint density at radius 3 is 1.45 bits per heavy atom. The summed E-state index contributed by atoms with van der Waals surface area (Å²) in [5.74, 6) is -10.3. The van der Waals surface area contributed by atoms with E-state index in [2.05, 4.69) is 8.37 Å². The predicted molar refractivity (Wildman–Crippen MR) is 245 cm³/mol. The minimum Gasteiger partial charge on any atom is -0.479 e. The van der Waals surface area contributed by atoms with Gasteiger partial charge in [-0.2, -0.15) is 16.8 Å². The van der Waals surface area contributed by atoms with Crippen molar-refractivity contribution in [2.75, 3.05) is 52.9 Å². The van der Waals surface area contributed by atoms with Gasteiger partial charge in [-0.05, 0) is 19.9 Å². The Bertz CT molecular complexity index is 2280. The van der Waals surface area contributed by atoms with Gasteiger partial charge in [0, 0.05) is 23.7 Å². The van der Waals surface area contributed by atoms with Crippen LogP contribution in [0.5, 0.6) is 0 Å². The Kier molecular flexibility index (Phi) is 23.3. The molecule has 6 aliphatic heterocycles. The average Bonchev–Trinajstić information content (AvgIpc) is 3.51. The van der Waals surface area contributed by atoms with E-state index in [0.717, 1.165) is 0 Å². The highest BCUT2D eigenvalue weighted by Crippen LogP contribution is 2.39. The second kappa shape index (κ2) is 28.0. The molecule has 36 nitrogen and oxygen atoms in total. The van der Waals surface area contributed by atoms with E-state index in [1.165, 1.54) is 13.8 Å². The van der Waals surface area contributed by atoms with Gasteiger partial charge in [-0.25, -0.2) is 18.0 Å². The van der Waals surface area contributed by atoms with Gasteiger partial charge in [-0.3, -0.25) is 9.11 Å². The summed E-state index contributed by atoms with van der Waals surface area (Å²) in [7, 11) is -10.4. The van der Waals surface area contributed by atoms with Crippen LogP contribution in [0, 0.1) is 23.7 Å². The normalized spacial score (nSPS) is 44.9. The van der Waals surface area contributed by atoms with Gasteiger partial charge in [0.1, 0.15) is 91.6 Å². The monoisotopic (exact) mass is 1210 g/mol. The van der Waals surface area contributed by atoms with Crippen LogP contribution < -0.4 is 0 Å². The van der Waals surface area contributed by atoms with Crippen LogP contribution in [0.25, 0.3) is 0 Å². The molecule has 6 heterocycles. The molecule has 0 amide bonds. The molecule has 28 unspecified atom stereocenters. The number of hydrogen-bond acceptors (Lipinski definition) is 32. The summed E-state index contributed by atoms with van der Waals surface area (Å²) < 4.78 is 135. The van der Waals surface area contributed by atoms with Crippen LogP contribution in [0.4, 0.5) is 0 Å². The van der Waals surface area contributed by atoms with E-state index in [-0.39, 0.29) is 0 Å². The third-order valence-corrected chi connectivity index (χ3v) is 15.3. The average molecular weight is 1210 g/mol. The number of rotatable bonds is 24. The second-order valence-electron chi connectivity index (χ2n) is 19.7. The van der Waals surface area contributed by atoms with Gasteiger partial charge in [-0.15, -0.1) is 0 Å². The molecule has 6 aliphatic rings. The number of aliphatic hydroxyl groups is 13. The highest BCUT2D eigenvalue weighted by molar-refractivity contribution is 7.81. The lowest BCUT2D eigenvalue weighted by molar-refractivity contribution is -0.355. The first-order valence-corrected chi connectivity index (χ1v) is 27.3. The molecule has 17 N–H and O–H groups in total. The molecular formula is C42H68O36S2. The van der Waals surface area contributed by atoms with E-state index in [1.54, 1.807) is 0 Å². The molecule has 0 aliphatic carbocycles. The zero-order valence-corrected chi connectivity index (χ0v) is 43.7. The third-order valence-electron chi connectivity index (χ3n) is 14.3. The van der Waals surface area contributed by atoms with Gasteiger partial charge in [0.15, 0.2) is 25.0 Å². The Hall–Kier alpha value is -2.70. The van der Waals surface area contributed by atoms with Crippen LogP contribution >= 0.6 is 0 Å². The van der Waals surface area contributed by atoms with Gasteiger partial charge in [-0.1, -0.05) is 0 Å². The highest BCUT2D eigenvalue weighted by atomic mass is 32.3. The first kappa shape index (κ1) is 66.4. The van der Waals surface area contributed by atoms with Crippen molar-refractivity contribution in [2.24, 2.45) is 23.7 Å². The molecule has 0 saturated carbocycles. The molecule has 28 atom stereocenters. The maximum Gasteiger partial charge on any atom is 0.397 e. The second-order valence-corrected chi connectivity index (χ2v) is 21.8. The lowest BCUT2D eigenvalue weighted by Gasteiger charge is -2.48. The van der Waals surface area contributed by atoms with Gasteiger partial charge < -0.3 is 129 Å². The predicted octanol–water partition coefficient (Wildman–Crippen LogP) is -9.98. The molecule has 0 bridgehead atoms. The van der Waals surface area contributed by atoms with Crippen molar-refractivity contribution in [1.82, 2.24) is 0 Å². The lowest BCUT2D eigenvalue weighted by atomic mass is 9.82. The minimum atomic E-state index is -5.25. The summed E-state index contributed by atoms with van der Waals surface area (Å²) in [4.78, 5) is 24.7. The molecule has 5 fully saturated rings. The van der Waals surface area contributed by atoms with E-state index in [0.29, 0.717) is 6.08 Å². The fraction of sp³-hybridized carbons (Fsp3) is 0.905. The zero-order chi connectivity index (χ0) is 59.5. The van der Waals surface area contributed by atoms with E-state index >= 15 is 0 Å². The lowest BCUT2D eigenvalue weighted by Crippen LogP contribution is -2.64. The van der Waals surface area contributed by atoms with Gasteiger partial charge in [0.05, 0.1) is 77.3 Å². The van der Waals surface area contributed by atoms with E-state index in [1.807, 2.05) is 0 Å². The number of carbonyl (C=O) groups is 2. The van der Waals surface area contributed by atoms with Crippen molar-refractivity contribution in [3.63, 3.8) is 0 Å². The van der Waals surface area contributed by atoms with Crippen molar-refractivity contribution in [3.8, 4) is 0 Å². The summed E-state index contributed by atoms with van der Waals surface area (Å²) in [6.45, 7) is -3.68. The molecule has 6 rings (SSSR count). The molecule has 5 saturated heterocycles. The molecule has 38 heteroatoms. The van der Waals surface area contributed by atoms with E-state index in [4.69, 9.17) is 52.1 Å². The molecule has 0 aromatic carbocycles. The van der Waals surface area contributed by atoms with E-state index in [9.17, 15) is 112 Å². The van der Waals surface area contributed by atoms with Crippen molar-refractivity contribution in [2.45, 2.75) is 161 Å². The Morgan fingerprint density at radius 1 is 0.500 bits per heavy atom. The summed E-state index contributed by atoms with van der Waals surface area (Å²) in [6, 6.07) is 0. The number of carboxylic acid groups (broad SMARTS) is 2. The summed E-state index contributed by atoms with van der Waals surface area (Å²) >= 11 is 0. The molecule has 464 valence electrons. The van der Waals surface area contributed by atoms with Crippen molar-refractivity contribution in [1.29, 1.82) is 0 Å². The Balaban J connectivity index is 1.19. The number of hydrogen-bond donors (Lipinski definition) is 17. The minimum absolute atomic E-state index is 0.596. The topological polar surface area (TPSA) is 566 Å². The number of carboxylic acids is 2. The molecule has 0 spiro atoms. The molecule has 0 aromatic heterocycles. The molecular weight excluding hydrogens is 1140 g/mol. The number of aliphatic carboxylic acids is 2. The van der Waals surface area contributed by atoms with Crippen LogP contribution in [0.2, 0.25) is 0 Å². The summed E-state index contributed by atoms with van der Waals surface area (Å²) in [5, 5.41) is 160. The fourth-order valence-corrected chi connectivity index (χ4v) is 10.9. The molecule has 0 aromatic rings. The Morgan fingerprint density at radius 2 is 0.975 bits per heavy atom. The van der Waals surface area contributed by atoms with Crippen molar-refractivity contribution < 1.29 is 173 Å². The number of ether oxygens (including phenoxy) is 11. The first-order chi connectivity index (χ1) is 37.4. The maximum absolute atomic E-state index is 12.9. The smallest absolute Gasteiger partial charge is 0.397 e. The van der Waals surface area contributed by atoms with Crippen LogP contribution in [0.3, 0.4) is 0 Å². The summed E-state index contributed by atoms with van der Waals surface area (Å²) in [5.41, 5.74) is 0. The first-order valence-electron chi connectivity index (χ1n) is 24.6. The SMILES string of the molecule is CC1OC(COCC2C(O)C(CO)OC(O)C2COC2OC(C(=O)O)C(OC3OC(CO)C(O)C(COCC4OC(C)C(O)C(OS(=O)(=O)O)C4O)C3COC3OC(C(=O)O)=CC(O)C3O)C(O)C2O)C(O)C(OS(=O)(=O)O)C1O. The van der Waals surface area contributed by atoms with Gasteiger partial charge in [0.2, 0.25) is 12.0 Å². The van der Waals surface area contributed by atoms with Crippen LogP contribution in [0.15, 0.2) is 11.8 Å². The van der Waals surface area contributed by atoms with Crippen LogP contribution in [0.1, 0.15) is 13.8 Å². The molecule has 80 heavy (non-hydrogen) atoms. The van der Waals surface area contributed by atoms with Crippen LogP contribution in [-0.2, 0) is 90.9 Å². The highest BCUT2D eigenvalue weighted by Gasteiger charge is 2.56. The van der Waals surface area contributed by atoms with Gasteiger partial charge >= 0.3 is 32.7 Å². The van der Waals surface area contributed by atoms with Gasteiger partial charge in [0.25, 0.3) is 0 Å². The molecule has 0 radical (unpaired) electrons. The zero-order valence-electron chi connectivity index (χ0n) is 42.1. The standard InChI is InChI=1S/C42H68O36S2/c1-12-24(46)33(77-79(60,61)62)29(51)22(70-12)10-66-6-14-16(39(59)72-20(4-43)26(14)48)8-68-42-32(54)31(53)35(36(76-42)38(57)58)75-40-17(9-69-41-28(50)18(45)3-19(73-41)37(55)56)15(27(49)21(5-44)74-40)7-67-11-23-30(52)34(78-80(63,64)65)25(47)13(2)71-23/h3,12-18,20-36,39-54,59H,4-11H2,1-2H3,(H,55,56)(H,57,58)(H,60,61,62)(H,63,64,65). The Labute approximate surface area is 453 Å². The van der Waals surface area contributed by atoms with Crippen LogP contribution in [-0.4, -0.2) is 315 Å². The largest absolute Gasteiger partial charge is 0.479 e. The maximum atomic E-state index is 12.9. The quantitative estimate of drug-likeness (QED) is 0.0399. The number of aliphatic hydroxyl groups excluding tert-OH is 13.